The first-order valence-corrected chi connectivity index (χ1v) is 11.1. The first kappa shape index (κ1) is 21.4. The van der Waals surface area contributed by atoms with Crippen LogP contribution in [0, 0.1) is 0 Å². The lowest BCUT2D eigenvalue weighted by molar-refractivity contribution is 0.153. The summed E-state index contributed by atoms with van der Waals surface area (Å²) in [6, 6.07) is 8.42. The molecule has 3 heterocycles. The summed E-state index contributed by atoms with van der Waals surface area (Å²) in [7, 11) is 0. The van der Waals surface area contributed by atoms with Crippen LogP contribution in [0.4, 0.5) is 5.95 Å². The Balaban J connectivity index is 1.63. The third-order valence-electron chi connectivity index (χ3n) is 5.29. The Morgan fingerprint density at radius 1 is 1.19 bits per heavy atom. The van der Waals surface area contributed by atoms with Crippen LogP contribution in [-0.2, 0) is 6.54 Å². The molecule has 2 aromatic heterocycles. The van der Waals surface area contributed by atoms with Crippen molar-refractivity contribution in [3.63, 3.8) is 0 Å². The lowest BCUT2D eigenvalue weighted by Gasteiger charge is -2.23. The maximum absolute atomic E-state index is 6.15. The van der Waals surface area contributed by atoms with E-state index in [2.05, 4.69) is 40.6 Å². The monoisotopic (exact) mass is 424 g/mol. The van der Waals surface area contributed by atoms with E-state index in [4.69, 9.17) is 14.5 Å². The van der Waals surface area contributed by atoms with Crippen molar-refractivity contribution < 1.29 is 9.47 Å². The molecule has 0 radical (unpaired) electrons. The number of nitrogens with one attached hydrogen (secondary N) is 2. The highest BCUT2D eigenvalue weighted by molar-refractivity contribution is 5.53. The van der Waals surface area contributed by atoms with E-state index in [0.29, 0.717) is 24.4 Å². The van der Waals surface area contributed by atoms with Crippen molar-refractivity contribution in [1.82, 2.24) is 24.9 Å². The number of benzene rings is 1. The second kappa shape index (κ2) is 9.51. The molecule has 1 aliphatic rings. The van der Waals surface area contributed by atoms with Crippen LogP contribution in [0.3, 0.4) is 0 Å². The average Bonchev–Trinajstić information content (AvgIpc) is 3.18. The fraction of sp³-hybridized carbons (Fsp3) is 0.522. The molecule has 0 saturated carbocycles. The topological polar surface area (TPSA) is 85.6 Å². The van der Waals surface area contributed by atoms with Gasteiger partial charge in [0.1, 0.15) is 11.9 Å². The van der Waals surface area contributed by atoms with E-state index in [-0.39, 0.29) is 12.2 Å². The van der Waals surface area contributed by atoms with Gasteiger partial charge < -0.3 is 20.1 Å². The molecule has 0 bridgehead atoms. The first-order valence-electron chi connectivity index (χ1n) is 11.1. The van der Waals surface area contributed by atoms with Gasteiger partial charge in [-0.2, -0.15) is 19.6 Å². The van der Waals surface area contributed by atoms with Crippen molar-refractivity contribution in [3.8, 4) is 11.8 Å². The standard InChI is InChI=1S/C23H32N6O2/c1-15(2)19-14-26-29-21(19)27-23(31-18-9-7-11-24-13-18)28-22(29)25-12-17-8-5-6-10-20(17)30-16(3)4/h5-6,8,10,14-16,18,24H,7,9,11-13H2,1-4H3,(H,25,27,28)/t18-/m1/s1. The summed E-state index contributed by atoms with van der Waals surface area (Å²) < 4.78 is 13.9. The third kappa shape index (κ3) is 5.07. The number of rotatable bonds is 8. The molecule has 1 atom stereocenters. The van der Waals surface area contributed by atoms with E-state index >= 15 is 0 Å². The number of nitrogens with zero attached hydrogens (tertiary/aromatic N) is 4. The minimum atomic E-state index is 0.0784. The van der Waals surface area contributed by atoms with Crippen LogP contribution in [0.1, 0.15) is 57.6 Å². The molecular formula is C23H32N6O2. The fourth-order valence-corrected chi connectivity index (χ4v) is 3.71. The first-order chi connectivity index (χ1) is 15.0. The summed E-state index contributed by atoms with van der Waals surface area (Å²) in [6.45, 7) is 10.7. The normalized spacial score (nSPS) is 16.8. The summed E-state index contributed by atoms with van der Waals surface area (Å²) >= 11 is 0. The summed E-state index contributed by atoms with van der Waals surface area (Å²) in [5.74, 6) is 1.77. The van der Waals surface area contributed by atoms with Crippen LogP contribution in [0.2, 0.25) is 0 Å². The van der Waals surface area contributed by atoms with E-state index < -0.39 is 0 Å². The fourth-order valence-electron chi connectivity index (χ4n) is 3.71. The number of fused-ring (bicyclic) bond motifs is 1. The molecule has 8 heteroatoms. The van der Waals surface area contributed by atoms with Crippen molar-refractivity contribution in [2.24, 2.45) is 0 Å². The van der Waals surface area contributed by atoms with Gasteiger partial charge in [-0.1, -0.05) is 32.0 Å². The highest BCUT2D eigenvalue weighted by Gasteiger charge is 2.20. The van der Waals surface area contributed by atoms with Crippen LogP contribution in [0.15, 0.2) is 30.5 Å². The Kier molecular flexibility index (Phi) is 6.56. The zero-order valence-corrected chi connectivity index (χ0v) is 18.8. The summed E-state index contributed by atoms with van der Waals surface area (Å²) in [5.41, 5.74) is 2.90. The largest absolute Gasteiger partial charge is 0.491 e. The minimum absolute atomic E-state index is 0.0784. The van der Waals surface area contributed by atoms with Crippen molar-refractivity contribution >= 4 is 11.6 Å². The number of ether oxygens (including phenoxy) is 2. The molecule has 166 valence electrons. The summed E-state index contributed by atoms with van der Waals surface area (Å²) in [6.07, 6.45) is 4.14. The molecule has 1 aromatic carbocycles. The molecule has 3 aromatic rings. The molecule has 0 spiro atoms. The van der Waals surface area contributed by atoms with Gasteiger partial charge in [0.15, 0.2) is 5.65 Å². The van der Waals surface area contributed by atoms with Crippen molar-refractivity contribution in [2.75, 3.05) is 18.4 Å². The molecule has 31 heavy (non-hydrogen) atoms. The SMILES string of the molecule is CC(C)Oc1ccccc1CNc1nc(O[C@@H]2CCCNC2)nc2c(C(C)C)cnn12. The predicted octanol–water partition coefficient (Wildman–Crippen LogP) is 3.78. The molecule has 1 aliphatic heterocycles. The highest BCUT2D eigenvalue weighted by atomic mass is 16.5. The molecule has 0 unspecified atom stereocenters. The van der Waals surface area contributed by atoms with E-state index in [9.17, 15) is 0 Å². The zero-order valence-electron chi connectivity index (χ0n) is 18.8. The maximum Gasteiger partial charge on any atom is 0.322 e. The van der Waals surface area contributed by atoms with E-state index in [1.54, 1.807) is 4.52 Å². The molecule has 4 rings (SSSR count). The second-order valence-electron chi connectivity index (χ2n) is 8.53. The van der Waals surface area contributed by atoms with Gasteiger partial charge in [-0.05, 0) is 45.2 Å². The van der Waals surface area contributed by atoms with Gasteiger partial charge >= 0.3 is 6.01 Å². The van der Waals surface area contributed by atoms with E-state index in [1.807, 2.05) is 38.2 Å². The molecule has 1 fully saturated rings. The molecule has 0 aliphatic carbocycles. The lowest BCUT2D eigenvalue weighted by atomic mass is 10.1. The number of piperidine rings is 1. The van der Waals surface area contributed by atoms with Gasteiger partial charge in [-0.3, -0.25) is 0 Å². The molecule has 2 N–H and O–H groups in total. The summed E-state index contributed by atoms with van der Waals surface area (Å²) in [5, 5.41) is 11.3. The Labute approximate surface area is 183 Å². The maximum atomic E-state index is 6.15. The van der Waals surface area contributed by atoms with Crippen molar-refractivity contribution in [2.45, 2.75) is 65.2 Å². The third-order valence-corrected chi connectivity index (χ3v) is 5.29. The smallest absolute Gasteiger partial charge is 0.322 e. The van der Waals surface area contributed by atoms with Crippen molar-refractivity contribution in [1.29, 1.82) is 0 Å². The van der Waals surface area contributed by atoms with Gasteiger partial charge in [-0.25, -0.2) is 0 Å². The molecule has 8 nitrogen and oxygen atoms in total. The summed E-state index contributed by atoms with van der Waals surface area (Å²) in [4.78, 5) is 9.36. The molecule has 1 saturated heterocycles. The van der Waals surface area contributed by atoms with E-state index in [0.717, 1.165) is 48.5 Å². The van der Waals surface area contributed by atoms with Crippen LogP contribution in [0.5, 0.6) is 11.8 Å². The Hall–Kier alpha value is -2.87. The lowest BCUT2D eigenvalue weighted by Crippen LogP contribution is -2.37. The van der Waals surface area contributed by atoms with E-state index in [1.165, 1.54) is 0 Å². The number of hydrogen-bond donors (Lipinski definition) is 2. The van der Waals surface area contributed by atoms with Crippen LogP contribution in [0.25, 0.3) is 5.65 Å². The van der Waals surface area contributed by atoms with Gasteiger partial charge in [0.2, 0.25) is 5.95 Å². The van der Waals surface area contributed by atoms with Crippen LogP contribution < -0.4 is 20.1 Å². The van der Waals surface area contributed by atoms with Gasteiger partial charge in [0.25, 0.3) is 0 Å². The highest BCUT2D eigenvalue weighted by Crippen LogP contribution is 2.25. The Morgan fingerprint density at radius 3 is 2.77 bits per heavy atom. The minimum Gasteiger partial charge on any atom is -0.491 e. The predicted molar refractivity (Wildman–Crippen MR) is 121 cm³/mol. The van der Waals surface area contributed by atoms with Gasteiger partial charge in [0, 0.05) is 24.2 Å². The average molecular weight is 425 g/mol. The Morgan fingerprint density at radius 2 is 2.03 bits per heavy atom. The van der Waals surface area contributed by atoms with Crippen LogP contribution in [-0.4, -0.2) is 44.9 Å². The number of anilines is 1. The van der Waals surface area contributed by atoms with Crippen LogP contribution >= 0.6 is 0 Å². The quantitative estimate of drug-likeness (QED) is 0.569. The van der Waals surface area contributed by atoms with Gasteiger partial charge in [0.05, 0.1) is 12.3 Å². The molecule has 0 amide bonds. The number of para-hydroxylation sites is 1. The second-order valence-corrected chi connectivity index (χ2v) is 8.53. The number of hydrogen-bond acceptors (Lipinski definition) is 7. The van der Waals surface area contributed by atoms with Gasteiger partial charge in [-0.15, -0.1) is 0 Å². The van der Waals surface area contributed by atoms with Crippen molar-refractivity contribution in [3.05, 3.63) is 41.6 Å². The molecular weight excluding hydrogens is 392 g/mol. The Bertz CT molecular complexity index is 1010. The zero-order chi connectivity index (χ0) is 21.8. The number of aromatic nitrogens is 4.